The van der Waals surface area contributed by atoms with Gasteiger partial charge in [0.1, 0.15) is 5.75 Å². The van der Waals surface area contributed by atoms with Crippen LogP contribution in [0.3, 0.4) is 0 Å². The fourth-order valence-corrected chi connectivity index (χ4v) is 2.81. The summed E-state index contributed by atoms with van der Waals surface area (Å²) < 4.78 is 11.1. The predicted octanol–water partition coefficient (Wildman–Crippen LogP) is 3.21. The van der Waals surface area contributed by atoms with Crippen LogP contribution in [0.5, 0.6) is 5.75 Å². The van der Waals surface area contributed by atoms with Crippen molar-refractivity contribution in [3.8, 4) is 5.75 Å². The summed E-state index contributed by atoms with van der Waals surface area (Å²) in [5.41, 5.74) is 1.10. The second-order valence-corrected chi connectivity index (χ2v) is 5.60. The van der Waals surface area contributed by atoms with Crippen LogP contribution in [-0.4, -0.2) is 37.6 Å². The minimum Gasteiger partial charge on any atom is -0.497 e. The summed E-state index contributed by atoms with van der Waals surface area (Å²) in [7, 11) is 1.68. The summed E-state index contributed by atoms with van der Waals surface area (Å²) in [6, 6.07) is 8.33. The van der Waals surface area contributed by atoms with Gasteiger partial charge in [0, 0.05) is 18.9 Å². The van der Waals surface area contributed by atoms with Gasteiger partial charge in [-0.3, -0.25) is 0 Å². The van der Waals surface area contributed by atoms with Gasteiger partial charge in [0.25, 0.3) is 0 Å². The number of nitrogens with one attached hydrogen (secondary N) is 1. The van der Waals surface area contributed by atoms with Gasteiger partial charge < -0.3 is 19.9 Å². The zero-order valence-corrected chi connectivity index (χ0v) is 12.9. The van der Waals surface area contributed by atoms with Crippen molar-refractivity contribution in [1.82, 2.24) is 0 Å². The van der Waals surface area contributed by atoms with Crippen LogP contribution in [0.25, 0.3) is 0 Å². The largest absolute Gasteiger partial charge is 0.497 e. The normalized spacial score (nSPS) is 20.0. The van der Waals surface area contributed by atoms with E-state index in [4.69, 9.17) is 14.6 Å². The molecule has 1 aromatic carbocycles. The van der Waals surface area contributed by atoms with Crippen molar-refractivity contribution in [3.63, 3.8) is 0 Å². The molecule has 4 nitrogen and oxygen atoms in total. The van der Waals surface area contributed by atoms with Crippen LogP contribution in [0.1, 0.15) is 38.5 Å². The van der Waals surface area contributed by atoms with E-state index in [0.717, 1.165) is 43.7 Å². The molecule has 4 heteroatoms. The predicted molar refractivity (Wildman–Crippen MR) is 84.9 cm³/mol. The molecule has 118 valence electrons. The van der Waals surface area contributed by atoms with Crippen molar-refractivity contribution in [2.75, 3.05) is 25.6 Å². The van der Waals surface area contributed by atoms with Gasteiger partial charge >= 0.3 is 0 Å². The van der Waals surface area contributed by atoms with Gasteiger partial charge in [0.05, 0.1) is 19.3 Å². The molecule has 1 aliphatic heterocycles. The molecule has 0 saturated carbocycles. The van der Waals surface area contributed by atoms with Crippen molar-refractivity contribution >= 4 is 5.69 Å². The molecule has 1 saturated heterocycles. The molecule has 0 aliphatic carbocycles. The zero-order valence-electron chi connectivity index (χ0n) is 12.9. The van der Waals surface area contributed by atoms with E-state index in [1.165, 1.54) is 12.8 Å². The Labute approximate surface area is 127 Å². The molecule has 2 atom stereocenters. The highest BCUT2D eigenvalue weighted by atomic mass is 16.5. The summed E-state index contributed by atoms with van der Waals surface area (Å²) in [4.78, 5) is 0. The van der Waals surface area contributed by atoms with Crippen LogP contribution in [0.2, 0.25) is 0 Å². The number of anilines is 1. The van der Waals surface area contributed by atoms with Crippen molar-refractivity contribution in [1.29, 1.82) is 0 Å². The van der Waals surface area contributed by atoms with Gasteiger partial charge in [0.2, 0.25) is 0 Å². The van der Waals surface area contributed by atoms with Gasteiger partial charge in [-0.15, -0.1) is 0 Å². The third-order valence-electron chi connectivity index (χ3n) is 4.03. The second-order valence-electron chi connectivity index (χ2n) is 5.60. The van der Waals surface area contributed by atoms with Gasteiger partial charge in [0.15, 0.2) is 0 Å². The highest BCUT2D eigenvalue weighted by Crippen LogP contribution is 2.23. The van der Waals surface area contributed by atoms with E-state index in [9.17, 15) is 0 Å². The maximum atomic E-state index is 8.97. The Morgan fingerprint density at radius 1 is 1.29 bits per heavy atom. The number of benzene rings is 1. The summed E-state index contributed by atoms with van der Waals surface area (Å²) in [6.07, 6.45) is 6.70. The van der Waals surface area contributed by atoms with Crippen molar-refractivity contribution < 1.29 is 14.6 Å². The Morgan fingerprint density at radius 2 is 2.10 bits per heavy atom. The van der Waals surface area contributed by atoms with Crippen molar-refractivity contribution in [2.24, 2.45) is 0 Å². The molecule has 0 amide bonds. The second kappa shape index (κ2) is 8.90. The van der Waals surface area contributed by atoms with E-state index in [2.05, 4.69) is 5.32 Å². The SMILES string of the molecule is COc1ccc(NC(CCCCO)C2CCCCO2)cc1. The van der Waals surface area contributed by atoms with E-state index in [0.29, 0.717) is 6.04 Å². The van der Waals surface area contributed by atoms with Crippen LogP contribution in [-0.2, 0) is 4.74 Å². The molecule has 2 unspecified atom stereocenters. The smallest absolute Gasteiger partial charge is 0.119 e. The zero-order chi connectivity index (χ0) is 14.9. The lowest BCUT2D eigenvalue weighted by molar-refractivity contribution is 0.00261. The number of hydrogen-bond donors (Lipinski definition) is 2. The van der Waals surface area contributed by atoms with Crippen LogP contribution in [0.15, 0.2) is 24.3 Å². The van der Waals surface area contributed by atoms with Crippen LogP contribution in [0, 0.1) is 0 Å². The average molecular weight is 293 g/mol. The Balaban J connectivity index is 1.95. The first-order valence-electron chi connectivity index (χ1n) is 7.96. The standard InChI is InChI=1S/C17H27NO3/c1-20-15-10-8-14(9-11-15)18-16(6-2-4-12-19)17-7-3-5-13-21-17/h8-11,16-19H,2-7,12-13H2,1H3. The summed E-state index contributed by atoms with van der Waals surface area (Å²) in [6.45, 7) is 1.13. The number of rotatable bonds is 8. The first kappa shape index (κ1) is 16.1. The lowest BCUT2D eigenvalue weighted by atomic mass is 9.97. The van der Waals surface area contributed by atoms with E-state index in [-0.39, 0.29) is 12.7 Å². The van der Waals surface area contributed by atoms with E-state index < -0.39 is 0 Å². The summed E-state index contributed by atoms with van der Waals surface area (Å²) >= 11 is 0. The van der Waals surface area contributed by atoms with Gasteiger partial charge in [-0.2, -0.15) is 0 Å². The monoisotopic (exact) mass is 293 g/mol. The highest BCUT2D eigenvalue weighted by molar-refractivity contribution is 5.47. The lowest BCUT2D eigenvalue weighted by Crippen LogP contribution is -2.38. The number of hydrogen-bond acceptors (Lipinski definition) is 4. The lowest BCUT2D eigenvalue weighted by Gasteiger charge is -2.32. The fraction of sp³-hybridized carbons (Fsp3) is 0.647. The molecule has 1 fully saturated rings. The quantitative estimate of drug-likeness (QED) is 0.723. The summed E-state index contributed by atoms with van der Waals surface area (Å²) in [5.74, 6) is 0.867. The number of methoxy groups -OCH3 is 1. The minimum absolute atomic E-state index is 0.265. The fourth-order valence-electron chi connectivity index (χ4n) is 2.81. The van der Waals surface area contributed by atoms with Gasteiger partial charge in [-0.1, -0.05) is 0 Å². The third kappa shape index (κ3) is 5.21. The Bertz CT molecular complexity index is 388. The number of unbranched alkanes of at least 4 members (excludes halogenated alkanes) is 1. The molecular formula is C17H27NO3. The molecular weight excluding hydrogens is 266 g/mol. The Hall–Kier alpha value is -1.26. The van der Waals surface area contributed by atoms with Crippen LogP contribution < -0.4 is 10.1 Å². The Kier molecular flexibility index (Phi) is 6.83. The molecule has 1 aliphatic rings. The van der Waals surface area contributed by atoms with Gasteiger partial charge in [-0.25, -0.2) is 0 Å². The molecule has 0 aromatic heterocycles. The minimum atomic E-state index is 0.265. The average Bonchev–Trinajstić information content (AvgIpc) is 2.55. The van der Waals surface area contributed by atoms with Gasteiger partial charge in [-0.05, 0) is 62.8 Å². The molecule has 0 spiro atoms. The van der Waals surface area contributed by atoms with Crippen LogP contribution >= 0.6 is 0 Å². The Morgan fingerprint density at radius 3 is 2.71 bits per heavy atom. The molecule has 21 heavy (non-hydrogen) atoms. The number of aliphatic hydroxyl groups excluding tert-OH is 1. The first-order valence-corrected chi connectivity index (χ1v) is 7.96. The van der Waals surface area contributed by atoms with Crippen molar-refractivity contribution in [2.45, 2.75) is 50.7 Å². The topological polar surface area (TPSA) is 50.7 Å². The molecule has 0 radical (unpaired) electrons. The third-order valence-corrected chi connectivity index (χ3v) is 4.03. The van der Waals surface area contributed by atoms with E-state index in [1.54, 1.807) is 7.11 Å². The molecule has 1 heterocycles. The highest BCUT2D eigenvalue weighted by Gasteiger charge is 2.24. The molecule has 1 aromatic rings. The number of ether oxygens (including phenoxy) is 2. The van der Waals surface area contributed by atoms with E-state index >= 15 is 0 Å². The maximum Gasteiger partial charge on any atom is 0.119 e. The first-order chi connectivity index (χ1) is 10.3. The van der Waals surface area contributed by atoms with Crippen LogP contribution in [0.4, 0.5) is 5.69 Å². The van der Waals surface area contributed by atoms with Crippen molar-refractivity contribution in [3.05, 3.63) is 24.3 Å². The molecule has 2 N–H and O–H groups in total. The van der Waals surface area contributed by atoms with E-state index in [1.807, 2.05) is 24.3 Å². The number of aliphatic hydroxyl groups is 1. The molecule has 2 rings (SSSR count). The maximum absolute atomic E-state index is 8.97. The summed E-state index contributed by atoms with van der Waals surface area (Å²) in [5, 5.41) is 12.6. The molecule has 0 bridgehead atoms.